The van der Waals surface area contributed by atoms with Gasteiger partial charge >= 0.3 is 18.1 Å². The number of halogens is 4. The normalized spacial score (nSPS) is 17.0. The zero-order chi connectivity index (χ0) is 27.5. The van der Waals surface area contributed by atoms with Crippen LogP contribution in [0.25, 0.3) is 0 Å². The second-order valence-corrected chi connectivity index (χ2v) is 11.2. The molecule has 2 aliphatic rings. The van der Waals surface area contributed by atoms with Gasteiger partial charge in [-0.3, -0.25) is 14.5 Å². The largest absolute Gasteiger partial charge is 0.480 e. The van der Waals surface area contributed by atoms with E-state index in [4.69, 9.17) is 0 Å². The molecule has 2 aromatic rings. The number of carboxylic acid groups (broad SMARTS) is 1. The number of hydrogen-bond acceptors (Lipinski definition) is 5. The molecule has 1 amide bonds. The standard InChI is InChI=1S/C26H28F3N3O5S.ClH/c27-26(28,29)25(35)32-12-10-20-8-9-22(14-21(20)17-32)38(36,37)30-23(24(33)34)13-19-7-4-11-31(16-19)15-18-5-2-1-3-6-18;/h1-3,5-9,14,23,30H,4,10-13,15-17H2,(H,33,34);1H/t23-;/m0./s1. The Hall–Kier alpha value is -2.93. The molecule has 2 N–H and O–H groups in total. The summed E-state index contributed by atoms with van der Waals surface area (Å²) in [6.45, 7) is 1.47. The van der Waals surface area contributed by atoms with E-state index >= 15 is 0 Å². The van der Waals surface area contributed by atoms with Crippen LogP contribution in [-0.2, 0) is 39.1 Å². The number of hydrogen-bond donors (Lipinski definition) is 2. The van der Waals surface area contributed by atoms with Crippen LogP contribution in [0.5, 0.6) is 0 Å². The molecule has 39 heavy (non-hydrogen) atoms. The Bertz CT molecular complexity index is 1340. The summed E-state index contributed by atoms with van der Waals surface area (Å²) in [5.74, 6) is -3.32. The second-order valence-electron chi connectivity index (χ2n) is 9.47. The average Bonchev–Trinajstić information content (AvgIpc) is 2.87. The molecule has 13 heteroatoms. The van der Waals surface area contributed by atoms with Gasteiger partial charge in [0.25, 0.3) is 0 Å². The Kier molecular flexibility index (Phi) is 9.81. The number of sulfonamides is 1. The highest BCUT2D eigenvalue weighted by molar-refractivity contribution is 7.89. The van der Waals surface area contributed by atoms with Gasteiger partial charge in [0, 0.05) is 32.7 Å². The summed E-state index contributed by atoms with van der Waals surface area (Å²) < 4.78 is 67.0. The predicted octanol–water partition coefficient (Wildman–Crippen LogP) is 3.51. The van der Waals surface area contributed by atoms with Crippen molar-refractivity contribution in [2.75, 3.05) is 19.6 Å². The Labute approximate surface area is 230 Å². The topological polar surface area (TPSA) is 107 Å². The highest BCUT2D eigenvalue weighted by Crippen LogP contribution is 2.27. The van der Waals surface area contributed by atoms with Crippen molar-refractivity contribution in [1.82, 2.24) is 14.5 Å². The Morgan fingerprint density at radius 2 is 1.74 bits per heavy atom. The van der Waals surface area contributed by atoms with Gasteiger partial charge in [0.15, 0.2) is 0 Å². The van der Waals surface area contributed by atoms with Gasteiger partial charge in [-0.15, -0.1) is 12.4 Å². The van der Waals surface area contributed by atoms with Crippen molar-refractivity contribution in [1.29, 1.82) is 0 Å². The lowest BCUT2D eigenvalue weighted by molar-refractivity contribution is -0.186. The average molecular weight is 588 g/mol. The number of carboxylic acids is 1. The molecule has 0 fully saturated rings. The van der Waals surface area contributed by atoms with E-state index in [9.17, 15) is 36.3 Å². The Balaban J connectivity index is 0.00000420. The van der Waals surface area contributed by atoms with E-state index < -0.39 is 34.1 Å². The van der Waals surface area contributed by atoms with E-state index in [0.717, 1.165) is 17.7 Å². The van der Waals surface area contributed by atoms with Crippen LogP contribution in [0, 0.1) is 0 Å². The molecule has 0 saturated heterocycles. The summed E-state index contributed by atoms with van der Waals surface area (Å²) >= 11 is 0. The van der Waals surface area contributed by atoms with Crippen LogP contribution in [-0.4, -0.2) is 67.1 Å². The molecule has 0 unspecified atom stereocenters. The maximum Gasteiger partial charge on any atom is 0.471 e. The number of nitrogens with zero attached hydrogens (tertiary/aromatic N) is 2. The highest BCUT2D eigenvalue weighted by atomic mass is 35.5. The minimum atomic E-state index is -5.03. The van der Waals surface area contributed by atoms with Crippen LogP contribution in [0.1, 0.15) is 29.5 Å². The molecule has 4 rings (SSSR count). The quantitative estimate of drug-likeness (QED) is 0.458. The smallest absolute Gasteiger partial charge is 0.471 e. The lowest BCUT2D eigenvalue weighted by Crippen LogP contribution is -2.44. The van der Waals surface area contributed by atoms with E-state index in [1.807, 2.05) is 36.4 Å². The molecule has 212 valence electrons. The molecule has 1 atom stereocenters. The van der Waals surface area contributed by atoms with Gasteiger partial charge < -0.3 is 10.0 Å². The first-order valence-corrected chi connectivity index (χ1v) is 13.6. The van der Waals surface area contributed by atoms with Crippen LogP contribution >= 0.6 is 12.4 Å². The zero-order valence-corrected chi connectivity index (χ0v) is 22.5. The predicted molar refractivity (Wildman–Crippen MR) is 140 cm³/mol. The molecule has 0 bridgehead atoms. The third-order valence-corrected chi connectivity index (χ3v) is 8.12. The number of carbonyl (C=O) groups excluding carboxylic acids is 1. The molecule has 0 spiro atoms. The van der Waals surface area contributed by atoms with Crippen molar-refractivity contribution >= 4 is 34.3 Å². The molecule has 0 aromatic heterocycles. The van der Waals surface area contributed by atoms with Crippen molar-refractivity contribution in [3.05, 3.63) is 76.9 Å². The van der Waals surface area contributed by atoms with Crippen molar-refractivity contribution in [3.8, 4) is 0 Å². The second kappa shape index (κ2) is 12.5. The fourth-order valence-electron chi connectivity index (χ4n) is 4.76. The summed E-state index contributed by atoms with van der Waals surface area (Å²) in [5, 5.41) is 9.76. The summed E-state index contributed by atoms with van der Waals surface area (Å²) in [5.41, 5.74) is 2.83. The number of nitrogens with one attached hydrogen (secondary N) is 1. The number of carbonyl (C=O) groups is 2. The van der Waals surface area contributed by atoms with Gasteiger partial charge in [0.2, 0.25) is 10.0 Å². The fraction of sp³-hybridized carbons (Fsp3) is 0.385. The number of aliphatic carboxylic acids is 1. The first-order chi connectivity index (χ1) is 17.9. The monoisotopic (exact) mass is 587 g/mol. The van der Waals surface area contributed by atoms with E-state index in [0.29, 0.717) is 30.0 Å². The van der Waals surface area contributed by atoms with E-state index in [1.165, 1.54) is 18.2 Å². The molecule has 0 aliphatic carbocycles. The third kappa shape index (κ3) is 7.81. The van der Waals surface area contributed by atoms with Crippen molar-refractivity contribution < 1.29 is 36.3 Å². The van der Waals surface area contributed by atoms with Crippen molar-refractivity contribution in [3.63, 3.8) is 0 Å². The first-order valence-electron chi connectivity index (χ1n) is 12.1. The van der Waals surface area contributed by atoms with E-state index in [-0.39, 0.29) is 48.8 Å². The number of fused-ring (bicyclic) bond motifs is 1. The van der Waals surface area contributed by atoms with Gasteiger partial charge in [0.05, 0.1) is 4.90 Å². The Morgan fingerprint density at radius 3 is 2.41 bits per heavy atom. The third-order valence-electron chi connectivity index (χ3n) is 6.65. The summed E-state index contributed by atoms with van der Waals surface area (Å²) in [6, 6.07) is 12.4. The molecule has 0 saturated carbocycles. The maximum absolute atomic E-state index is 13.1. The molecule has 0 radical (unpaired) electrons. The SMILES string of the molecule is Cl.O=C(O)[C@H](CC1=CCCN(Cc2ccccc2)C1)NS(=O)(=O)c1ccc2c(c1)CN(C(=O)C(F)(F)F)CC2. The molecule has 2 heterocycles. The van der Waals surface area contributed by atoms with E-state index in [2.05, 4.69) is 9.62 Å². The van der Waals surface area contributed by atoms with Gasteiger partial charge in [-0.05, 0) is 48.1 Å². The first kappa shape index (κ1) is 30.6. The molecule has 2 aromatic carbocycles. The Morgan fingerprint density at radius 1 is 1.03 bits per heavy atom. The molecule has 2 aliphatic heterocycles. The number of alkyl halides is 3. The van der Waals surface area contributed by atoms with Crippen molar-refractivity contribution in [2.45, 2.75) is 49.5 Å². The summed E-state index contributed by atoms with van der Waals surface area (Å²) in [7, 11) is -4.31. The summed E-state index contributed by atoms with van der Waals surface area (Å²) in [4.78, 5) is 26.1. The van der Waals surface area contributed by atoms with Crippen LogP contribution in [0.4, 0.5) is 13.2 Å². The minimum absolute atomic E-state index is 0. The number of benzene rings is 2. The number of amides is 1. The van der Waals surface area contributed by atoms with Crippen LogP contribution < -0.4 is 4.72 Å². The lowest BCUT2D eigenvalue weighted by Gasteiger charge is -2.30. The highest BCUT2D eigenvalue weighted by Gasteiger charge is 2.43. The van der Waals surface area contributed by atoms with Crippen molar-refractivity contribution in [2.24, 2.45) is 0 Å². The van der Waals surface area contributed by atoms with Gasteiger partial charge in [0.1, 0.15) is 6.04 Å². The van der Waals surface area contributed by atoms with Gasteiger partial charge in [-0.2, -0.15) is 17.9 Å². The summed E-state index contributed by atoms with van der Waals surface area (Å²) in [6.07, 6.45) is -2.27. The maximum atomic E-state index is 13.1. The zero-order valence-electron chi connectivity index (χ0n) is 20.9. The molecular weight excluding hydrogens is 559 g/mol. The fourth-order valence-corrected chi connectivity index (χ4v) is 6.00. The van der Waals surface area contributed by atoms with Crippen LogP contribution in [0.3, 0.4) is 0 Å². The van der Waals surface area contributed by atoms with Crippen LogP contribution in [0.2, 0.25) is 0 Å². The molecular formula is C26H29ClF3N3O5S. The van der Waals surface area contributed by atoms with Crippen LogP contribution in [0.15, 0.2) is 65.1 Å². The van der Waals surface area contributed by atoms with E-state index in [1.54, 1.807) is 0 Å². The van der Waals surface area contributed by atoms with Gasteiger partial charge in [-0.1, -0.05) is 48.0 Å². The molecule has 8 nitrogen and oxygen atoms in total. The lowest BCUT2D eigenvalue weighted by atomic mass is 10.00. The number of rotatable bonds is 8. The minimum Gasteiger partial charge on any atom is -0.480 e. The van der Waals surface area contributed by atoms with Gasteiger partial charge in [-0.25, -0.2) is 8.42 Å².